The lowest BCUT2D eigenvalue weighted by Crippen LogP contribution is -2.50. The van der Waals surface area contributed by atoms with Gasteiger partial charge in [0, 0.05) is 19.3 Å². The predicted octanol–water partition coefficient (Wildman–Crippen LogP) is 12.6. The number of carboxylic acids is 1. The maximum atomic E-state index is 12.7. The van der Waals surface area contributed by atoms with Crippen LogP contribution in [0, 0.1) is 0 Å². The largest absolute Gasteiger partial charge is 0.477 e. The molecule has 0 aliphatic carbocycles. The summed E-state index contributed by atoms with van der Waals surface area (Å²) >= 11 is 0. The van der Waals surface area contributed by atoms with Crippen LogP contribution in [0.25, 0.3) is 0 Å². The molecule has 2 atom stereocenters. The zero-order chi connectivity index (χ0) is 41.4. The molecule has 0 amide bonds. The van der Waals surface area contributed by atoms with Crippen molar-refractivity contribution in [2.75, 3.05) is 41.0 Å². The molecule has 8 heteroatoms. The molecule has 0 aliphatic heterocycles. The summed E-state index contributed by atoms with van der Waals surface area (Å²) in [5, 5.41) is 9.62. The third kappa shape index (κ3) is 37.1. The number of carboxylic acid groups (broad SMARTS) is 1. The highest BCUT2D eigenvalue weighted by Gasteiger charge is 2.31. The van der Waals surface area contributed by atoms with E-state index in [2.05, 4.69) is 50.3 Å². The van der Waals surface area contributed by atoms with Crippen LogP contribution in [-0.4, -0.2) is 80.6 Å². The van der Waals surface area contributed by atoms with Gasteiger partial charge in [0.25, 0.3) is 0 Å². The van der Waals surface area contributed by atoms with Crippen LogP contribution < -0.4 is 0 Å². The third-order valence-corrected chi connectivity index (χ3v) is 10.3. The predicted molar refractivity (Wildman–Crippen MR) is 234 cm³/mol. The zero-order valence-corrected chi connectivity index (χ0v) is 37.1. The quantitative estimate of drug-likeness (QED) is 0.0216. The maximum absolute atomic E-state index is 12.7. The highest BCUT2D eigenvalue weighted by atomic mass is 16.6. The van der Waals surface area contributed by atoms with Crippen LogP contribution >= 0.6 is 0 Å². The number of carbonyl (C=O) groups is 3. The highest BCUT2D eigenvalue weighted by molar-refractivity contribution is 5.72. The molecule has 0 saturated heterocycles. The van der Waals surface area contributed by atoms with E-state index in [4.69, 9.17) is 14.2 Å². The van der Waals surface area contributed by atoms with Gasteiger partial charge in [0.1, 0.15) is 6.61 Å². The number of aliphatic carboxylic acids is 1. The number of ether oxygens (including phenoxy) is 3. The highest BCUT2D eigenvalue weighted by Crippen LogP contribution is 2.14. The fraction of sp³-hybridized carbons (Fsp3) is 0.812. The van der Waals surface area contributed by atoms with Crippen molar-refractivity contribution in [1.82, 2.24) is 0 Å². The normalized spacial score (nSPS) is 13.2. The fourth-order valence-corrected chi connectivity index (χ4v) is 6.66. The Morgan fingerprint density at radius 1 is 0.536 bits per heavy atom. The van der Waals surface area contributed by atoms with Gasteiger partial charge in [-0.15, -0.1) is 0 Å². The number of nitrogens with zero attached hydrogens (tertiary/aromatic N) is 1. The van der Waals surface area contributed by atoms with Gasteiger partial charge in [0.2, 0.25) is 0 Å². The Morgan fingerprint density at radius 3 is 1.45 bits per heavy atom. The number of likely N-dealkylation sites (N-methyl/N-ethyl adjacent to an activating group) is 1. The van der Waals surface area contributed by atoms with Gasteiger partial charge in [0.05, 0.1) is 34.4 Å². The lowest BCUT2D eigenvalue weighted by Gasteiger charge is -2.31. The second kappa shape index (κ2) is 39.4. The van der Waals surface area contributed by atoms with E-state index in [1.807, 2.05) is 21.1 Å². The molecular weight excluding hydrogens is 703 g/mol. The fourth-order valence-electron chi connectivity index (χ4n) is 6.66. The molecular formula is C48H88NO7+. The van der Waals surface area contributed by atoms with Crippen molar-refractivity contribution < 1.29 is 38.2 Å². The average molecular weight is 791 g/mol. The molecule has 0 heterocycles. The molecule has 0 spiro atoms. The maximum Gasteiger partial charge on any atom is 0.362 e. The Balaban J connectivity index is 4.30. The minimum atomic E-state index is -0.877. The molecule has 0 aromatic carbocycles. The molecule has 0 aliphatic rings. The van der Waals surface area contributed by atoms with E-state index in [-0.39, 0.29) is 36.2 Å². The number of quaternary nitrogens is 1. The molecule has 0 radical (unpaired) electrons. The summed E-state index contributed by atoms with van der Waals surface area (Å²) in [7, 11) is 5.52. The second-order valence-corrected chi connectivity index (χ2v) is 16.7. The van der Waals surface area contributed by atoms with E-state index in [1.54, 1.807) is 0 Å². The molecule has 1 N–H and O–H groups in total. The number of carbonyl (C=O) groups excluding carboxylic acids is 2. The van der Waals surface area contributed by atoms with Crippen LogP contribution in [0.3, 0.4) is 0 Å². The van der Waals surface area contributed by atoms with Crippen LogP contribution in [0.2, 0.25) is 0 Å². The lowest BCUT2D eigenvalue weighted by molar-refractivity contribution is -0.887. The van der Waals surface area contributed by atoms with Crippen LogP contribution in [-0.2, 0) is 28.6 Å². The first kappa shape index (κ1) is 53.6. The molecule has 0 saturated carbocycles. The van der Waals surface area contributed by atoms with Crippen LogP contribution in [0.1, 0.15) is 200 Å². The van der Waals surface area contributed by atoms with Gasteiger partial charge in [0.15, 0.2) is 12.1 Å². The topological polar surface area (TPSA) is 99.1 Å². The number of hydrogen-bond donors (Lipinski definition) is 1. The third-order valence-electron chi connectivity index (χ3n) is 10.3. The minimum Gasteiger partial charge on any atom is -0.477 e. The number of rotatable bonds is 41. The molecule has 0 fully saturated rings. The Morgan fingerprint density at radius 2 is 0.946 bits per heavy atom. The van der Waals surface area contributed by atoms with E-state index in [0.29, 0.717) is 19.3 Å². The molecule has 8 nitrogen and oxygen atoms in total. The van der Waals surface area contributed by atoms with Crippen molar-refractivity contribution in [2.24, 2.45) is 0 Å². The van der Waals surface area contributed by atoms with Crippen molar-refractivity contribution in [3.8, 4) is 0 Å². The molecule has 0 aromatic rings. The molecule has 326 valence electrons. The first-order valence-electron chi connectivity index (χ1n) is 23.0. The molecule has 0 aromatic heterocycles. The summed E-state index contributed by atoms with van der Waals surface area (Å²) in [5.74, 6) is -1.49. The smallest absolute Gasteiger partial charge is 0.362 e. The van der Waals surface area contributed by atoms with Crippen molar-refractivity contribution in [1.29, 1.82) is 0 Å². The monoisotopic (exact) mass is 791 g/mol. The number of esters is 2. The van der Waals surface area contributed by atoms with Gasteiger partial charge in [-0.2, -0.15) is 0 Å². The number of allylic oxidation sites excluding steroid dienone is 6. The Bertz CT molecular complexity index is 1020. The van der Waals surface area contributed by atoms with Crippen molar-refractivity contribution >= 4 is 17.9 Å². The Labute approximate surface area is 344 Å². The molecule has 2 unspecified atom stereocenters. The molecule has 0 bridgehead atoms. The average Bonchev–Trinajstić information content (AvgIpc) is 3.15. The summed E-state index contributed by atoms with van der Waals surface area (Å²) < 4.78 is 17.3. The van der Waals surface area contributed by atoms with Gasteiger partial charge in [-0.3, -0.25) is 9.59 Å². The van der Waals surface area contributed by atoms with E-state index in [1.165, 1.54) is 116 Å². The first-order valence-corrected chi connectivity index (χ1v) is 23.0. The minimum absolute atomic E-state index is 0.0554. The van der Waals surface area contributed by atoms with E-state index >= 15 is 0 Å². The number of unbranched alkanes of at least 4 members (excludes halogenated alkanes) is 22. The van der Waals surface area contributed by atoms with E-state index in [0.717, 1.165) is 51.4 Å². The Kier molecular flexibility index (Phi) is 37.7. The van der Waals surface area contributed by atoms with Crippen LogP contribution in [0.15, 0.2) is 36.5 Å². The second-order valence-electron chi connectivity index (χ2n) is 16.7. The van der Waals surface area contributed by atoms with Gasteiger partial charge in [-0.1, -0.05) is 153 Å². The lowest BCUT2D eigenvalue weighted by atomic mass is 10.1. The number of hydrogen-bond acceptors (Lipinski definition) is 6. The summed E-state index contributed by atoms with van der Waals surface area (Å²) in [5.41, 5.74) is 0. The first-order chi connectivity index (χ1) is 27.1. The zero-order valence-electron chi connectivity index (χ0n) is 37.1. The van der Waals surface area contributed by atoms with Gasteiger partial charge >= 0.3 is 17.9 Å². The molecule has 56 heavy (non-hydrogen) atoms. The summed E-state index contributed by atoms with van der Waals surface area (Å²) in [4.78, 5) is 37.0. The van der Waals surface area contributed by atoms with Crippen molar-refractivity contribution in [2.45, 2.75) is 212 Å². The van der Waals surface area contributed by atoms with Gasteiger partial charge in [-0.05, 0) is 64.2 Å². The SMILES string of the molecule is CCCCC/C=C/C=C/CCCCCCCCCCCCC(=O)OCC(COCCC(C(=O)O)[N+](C)(C)C)OC(=O)CCCCC/C=C/CCCCCCCC. The Hall–Kier alpha value is -2.45. The molecule has 0 rings (SSSR count). The van der Waals surface area contributed by atoms with Gasteiger partial charge in [-0.25, -0.2) is 4.79 Å². The van der Waals surface area contributed by atoms with E-state index < -0.39 is 18.1 Å². The summed E-state index contributed by atoms with van der Waals surface area (Å²) in [6, 6.07) is -0.616. The van der Waals surface area contributed by atoms with Gasteiger partial charge < -0.3 is 23.8 Å². The summed E-state index contributed by atoms with van der Waals surface area (Å²) in [6.45, 7) is 4.69. The van der Waals surface area contributed by atoms with E-state index in [9.17, 15) is 19.5 Å². The van der Waals surface area contributed by atoms with Crippen LogP contribution in [0.4, 0.5) is 0 Å². The van der Waals surface area contributed by atoms with Crippen LogP contribution in [0.5, 0.6) is 0 Å². The standard InChI is InChI=1S/C48H87NO7/c1-6-8-10-12-14-16-18-20-21-22-23-24-25-27-28-30-32-34-36-38-46(50)55-43-44(42-54-41-40-45(48(52)53)49(3,4)5)56-47(51)39-37-35-33-31-29-26-19-17-15-13-11-9-7-2/h14,16,18,20,26,29,44-45H,6-13,15,17,19,21-25,27-28,30-43H2,1-5H3/p+1/b16-14+,20-18+,29-26+. The van der Waals surface area contributed by atoms with Crippen molar-refractivity contribution in [3.05, 3.63) is 36.5 Å². The van der Waals surface area contributed by atoms with Crippen molar-refractivity contribution in [3.63, 3.8) is 0 Å². The summed E-state index contributed by atoms with van der Waals surface area (Å²) in [6.07, 6.45) is 44.7.